The Morgan fingerprint density at radius 1 is 1.12 bits per heavy atom. The van der Waals surface area contributed by atoms with Crippen molar-refractivity contribution in [2.75, 3.05) is 0 Å². The molecule has 0 amide bonds. The van der Waals surface area contributed by atoms with Crippen molar-refractivity contribution in [1.29, 1.82) is 0 Å². The molecule has 0 aliphatic heterocycles. The van der Waals surface area contributed by atoms with Crippen LogP contribution in [0.2, 0.25) is 0 Å². The monoisotopic (exact) mass is 356 g/mol. The summed E-state index contributed by atoms with van der Waals surface area (Å²) in [6.07, 6.45) is 10.6. The third-order valence-corrected chi connectivity index (χ3v) is 8.54. The van der Waals surface area contributed by atoms with Gasteiger partial charge in [-0.2, -0.15) is 0 Å². The lowest BCUT2D eigenvalue weighted by Gasteiger charge is -2.60. The Morgan fingerprint density at radius 2 is 1.92 bits per heavy atom. The molecule has 3 aliphatic rings. The highest BCUT2D eigenvalue weighted by molar-refractivity contribution is 5.42. The number of rotatable bonds is 4. The minimum Gasteiger partial charge on any atom is -0.508 e. The average Bonchev–Trinajstić information content (AvgIpc) is 2.90. The van der Waals surface area contributed by atoms with Crippen LogP contribution in [0.25, 0.3) is 0 Å². The molecular weight excluding hydrogens is 320 g/mol. The molecule has 3 aliphatic carbocycles. The first-order valence-electron chi connectivity index (χ1n) is 10.9. The molecule has 0 aromatic heterocycles. The van der Waals surface area contributed by atoms with Crippen molar-refractivity contribution in [2.45, 2.75) is 90.6 Å². The second-order valence-corrected chi connectivity index (χ2v) is 9.98. The standard InChI is InChI=1S/C24H36O2/c1-4-5-6-7-17-15-24(3)20(10-11-21(24)26)23(2)13-12-16-14-18(25)8-9-19(16)22(17)23/h8-9,14,17,20-22,25-26H,4-7,10-13,15H2,1-3H3/t17-,20?,21-,22?,23-,24-/m0/s1. The van der Waals surface area contributed by atoms with Crippen LogP contribution >= 0.6 is 0 Å². The molecule has 2 N–H and O–H groups in total. The van der Waals surface area contributed by atoms with E-state index in [0.29, 0.717) is 23.5 Å². The first-order chi connectivity index (χ1) is 12.4. The number of unbranched alkanes of at least 4 members (excludes halogenated alkanes) is 2. The quantitative estimate of drug-likeness (QED) is 0.669. The number of hydrogen-bond acceptors (Lipinski definition) is 2. The average molecular weight is 357 g/mol. The van der Waals surface area contributed by atoms with Gasteiger partial charge in [0.1, 0.15) is 5.75 Å². The number of aliphatic hydroxyl groups excluding tert-OH is 1. The van der Waals surface area contributed by atoms with Gasteiger partial charge in [0.15, 0.2) is 0 Å². The molecule has 26 heavy (non-hydrogen) atoms. The summed E-state index contributed by atoms with van der Waals surface area (Å²) in [6.45, 7) is 7.19. The van der Waals surface area contributed by atoms with Gasteiger partial charge in [-0.3, -0.25) is 0 Å². The van der Waals surface area contributed by atoms with E-state index in [1.165, 1.54) is 56.1 Å². The minimum absolute atomic E-state index is 0.0938. The van der Waals surface area contributed by atoms with Gasteiger partial charge in [-0.25, -0.2) is 0 Å². The predicted octanol–water partition coefficient (Wildman–Crippen LogP) is 5.81. The number of fused-ring (bicyclic) bond motifs is 5. The van der Waals surface area contributed by atoms with Gasteiger partial charge < -0.3 is 10.2 Å². The van der Waals surface area contributed by atoms with E-state index in [-0.39, 0.29) is 16.9 Å². The molecule has 6 atom stereocenters. The molecule has 144 valence electrons. The Bertz CT molecular complexity index is 668. The molecule has 2 unspecified atom stereocenters. The van der Waals surface area contributed by atoms with Crippen molar-refractivity contribution in [2.24, 2.45) is 22.7 Å². The fourth-order valence-electron chi connectivity index (χ4n) is 7.40. The molecule has 1 aromatic rings. The molecule has 0 saturated heterocycles. The highest BCUT2D eigenvalue weighted by Crippen LogP contribution is 2.69. The van der Waals surface area contributed by atoms with Crippen molar-refractivity contribution in [3.05, 3.63) is 29.3 Å². The van der Waals surface area contributed by atoms with Crippen LogP contribution in [-0.4, -0.2) is 16.3 Å². The van der Waals surface area contributed by atoms with Gasteiger partial charge in [-0.1, -0.05) is 46.1 Å². The summed E-state index contributed by atoms with van der Waals surface area (Å²) in [5.41, 5.74) is 3.25. The van der Waals surface area contributed by atoms with Gasteiger partial charge >= 0.3 is 0 Å². The van der Waals surface area contributed by atoms with Crippen molar-refractivity contribution in [1.82, 2.24) is 0 Å². The van der Waals surface area contributed by atoms with Crippen LogP contribution in [-0.2, 0) is 6.42 Å². The zero-order valence-corrected chi connectivity index (χ0v) is 16.8. The lowest BCUT2D eigenvalue weighted by atomic mass is 9.44. The maximum atomic E-state index is 10.9. The molecule has 2 saturated carbocycles. The Kier molecular flexibility index (Phi) is 4.62. The van der Waals surface area contributed by atoms with Gasteiger partial charge in [0, 0.05) is 0 Å². The molecular formula is C24H36O2. The zero-order chi connectivity index (χ0) is 18.5. The predicted molar refractivity (Wildman–Crippen MR) is 106 cm³/mol. The lowest BCUT2D eigenvalue weighted by molar-refractivity contribution is -0.0948. The minimum atomic E-state index is -0.125. The molecule has 0 heterocycles. The van der Waals surface area contributed by atoms with Crippen LogP contribution in [0.4, 0.5) is 0 Å². The van der Waals surface area contributed by atoms with Crippen molar-refractivity contribution >= 4 is 0 Å². The Labute approximate surface area is 159 Å². The highest BCUT2D eigenvalue weighted by Gasteiger charge is 2.62. The number of hydrogen-bond donors (Lipinski definition) is 2. The van der Waals surface area contributed by atoms with Crippen LogP contribution in [0.15, 0.2) is 18.2 Å². The summed E-state index contributed by atoms with van der Waals surface area (Å²) < 4.78 is 0. The molecule has 2 heteroatoms. The van der Waals surface area contributed by atoms with Crippen LogP contribution in [0.1, 0.15) is 89.2 Å². The van der Waals surface area contributed by atoms with E-state index in [1.54, 1.807) is 0 Å². The molecule has 1 aromatic carbocycles. The van der Waals surface area contributed by atoms with E-state index in [2.05, 4.69) is 26.8 Å². The van der Waals surface area contributed by atoms with Crippen molar-refractivity contribution in [3.8, 4) is 5.75 Å². The van der Waals surface area contributed by atoms with Crippen LogP contribution in [0.5, 0.6) is 5.75 Å². The van der Waals surface area contributed by atoms with Gasteiger partial charge in [0.05, 0.1) is 6.10 Å². The van der Waals surface area contributed by atoms with Crippen molar-refractivity contribution < 1.29 is 10.2 Å². The third-order valence-electron chi connectivity index (χ3n) is 8.54. The number of phenols is 1. The number of benzene rings is 1. The largest absolute Gasteiger partial charge is 0.508 e. The normalized spacial score (nSPS) is 41.4. The Hall–Kier alpha value is -1.02. The first-order valence-corrected chi connectivity index (χ1v) is 10.9. The molecule has 0 bridgehead atoms. The van der Waals surface area contributed by atoms with Gasteiger partial charge in [0.25, 0.3) is 0 Å². The van der Waals surface area contributed by atoms with E-state index in [1.807, 2.05) is 12.1 Å². The maximum Gasteiger partial charge on any atom is 0.115 e. The van der Waals surface area contributed by atoms with Gasteiger partial charge in [-0.05, 0) is 90.4 Å². The fourth-order valence-corrected chi connectivity index (χ4v) is 7.40. The summed E-state index contributed by atoms with van der Waals surface area (Å²) in [6, 6.07) is 6.12. The van der Waals surface area contributed by atoms with E-state index >= 15 is 0 Å². The van der Waals surface area contributed by atoms with Crippen LogP contribution in [0, 0.1) is 22.7 Å². The summed E-state index contributed by atoms with van der Waals surface area (Å²) in [7, 11) is 0. The molecule has 2 fully saturated rings. The van der Waals surface area contributed by atoms with E-state index in [0.717, 1.165) is 12.8 Å². The Balaban J connectivity index is 1.76. The van der Waals surface area contributed by atoms with E-state index < -0.39 is 0 Å². The number of phenolic OH excluding ortho intramolecular Hbond substituents is 1. The number of aromatic hydroxyl groups is 1. The maximum absolute atomic E-state index is 10.9. The fraction of sp³-hybridized carbons (Fsp3) is 0.750. The second kappa shape index (κ2) is 6.55. The van der Waals surface area contributed by atoms with Crippen molar-refractivity contribution in [3.63, 3.8) is 0 Å². The topological polar surface area (TPSA) is 40.5 Å². The van der Waals surface area contributed by atoms with Gasteiger partial charge in [0.2, 0.25) is 0 Å². The summed E-state index contributed by atoms with van der Waals surface area (Å²) in [5, 5.41) is 20.9. The second-order valence-electron chi connectivity index (χ2n) is 9.98. The zero-order valence-electron chi connectivity index (χ0n) is 16.8. The number of aliphatic hydroxyl groups is 1. The van der Waals surface area contributed by atoms with Crippen LogP contribution in [0.3, 0.4) is 0 Å². The molecule has 2 nitrogen and oxygen atoms in total. The lowest BCUT2D eigenvalue weighted by Crippen LogP contribution is -2.53. The Morgan fingerprint density at radius 3 is 2.69 bits per heavy atom. The SMILES string of the molecule is CCCCC[C@H]1C[C@@]2(C)C(CC[C@@H]2O)[C@]2(C)CCc3cc(O)ccc3C12. The molecule has 0 spiro atoms. The van der Waals surface area contributed by atoms with Gasteiger partial charge in [-0.15, -0.1) is 0 Å². The van der Waals surface area contributed by atoms with E-state index in [4.69, 9.17) is 0 Å². The highest BCUT2D eigenvalue weighted by atomic mass is 16.3. The summed E-state index contributed by atoms with van der Waals surface area (Å²) in [4.78, 5) is 0. The van der Waals surface area contributed by atoms with Crippen LogP contribution < -0.4 is 0 Å². The smallest absolute Gasteiger partial charge is 0.115 e. The number of aryl methyl sites for hydroxylation is 1. The first kappa shape index (κ1) is 18.3. The van der Waals surface area contributed by atoms with E-state index in [9.17, 15) is 10.2 Å². The summed E-state index contributed by atoms with van der Waals surface area (Å²) >= 11 is 0. The molecule has 4 rings (SSSR count). The third kappa shape index (κ3) is 2.63. The summed E-state index contributed by atoms with van der Waals surface area (Å²) in [5.74, 6) is 2.28. The molecule has 0 radical (unpaired) electrons.